The zero-order valence-corrected chi connectivity index (χ0v) is 13.5. The molecule has 0 N–H and O–H groups in total. The zero-order chi connectivity index (χ0) is 16.1. The molecule has 2 aromatic rings. The Hall–Kier alpha value is -2.49. The first-order valence-electron chi connectivity index (χ1n) is 8.58. The molecule has 24 heavy (non-hydrogen) atoms. The molecule has 2 aromatic carbocycles. The van der Waals surface area contributed by atoms with E-state index in [1.54, 1.807) is 0 Å². The summed E-state index contributed by atoms with van der Waals surface area (Å²) in [5, 5.41) is 0. The van der Waals surface area contributed by atoms with E-state index in [1.165, 1.54) is 5.56 Å². The van der Waals surface area contributed by atoms with Crippen LogP contribution in [0.15, 0.2) is 42.5 Å². The molecule has 2 aliphatic heterocycles. The van der Waals surface area contributed by atoms with Crippen LogP contribution in [0, 0.1) is 0 Å². The van der Waals surface area contributed by atoms with E-state index in [2.05, 4.69) is 12.1 Å². The van der Waals surface area contributed by atoms with Crippen LogP contribution >= 0.6 is 0 Å². The minimum absolute atomic E-state index is 0.226. The van der Waals surface area contributed by atoms with Crippen molar-refractivity contribution in [2.24, 2.45) is 0 Å². The van der Waals surface area contributed by atoms with Gasteiger partial charge in [-0.1, -0.05) is 24.3 Å². The third-order valence-electron chi connectivity index (χ3n) is 5.39. The second-order valence-electron chi connectivity index (χ2n) is 6.78. The van der Waals surface area contributed by atoms with E-state index < -0.39 is 0 Å². The Labute approximate surface area is 141 Å². The van der Waals surface area contributed by atoms with E-state index in [9.17, 15) is 4.79 Å². The van der Waals surface area contributed by atoms with Crippen molar-refractivity contribution >= 4 is 11.6 Å². The molecule has 3 aliphatic rings. The van der Waals surface area contributed by atoms with E-state index in [-0.39, 0.29) is 11.3 Å². The summed E-state index contributed by atoms with van der Waals surface area (Å²) in [5.74, 6) is 1.77. The Morgan fingerprint density at radius 2 is 1.79 bits per heavy atom. The van der Waals surface area contributed by atoms with Crippen molar-refractivity contribution in [3.05, 3.63) is 53.6 Å². The van der Waals surface area contributed by atoms with Gasteiger partial charge in [-0.3, -0.25) is 4.79 Å². The SMILES string of the molecule is O=C(N1CCc2ccccc21)C1(c2ccc3c(c2)OCCO3)CC1. The van der Waals surface area contributed by atoms with Gasteiger partial charge in [0.25, 0.3) is 0 Å². The summed E-state index contributed by atoms with van der Waals surface area (Å²) in [7, 11) is 0. The molecule has 0 radical (unpaired) electrons. The molecule has 0 atom stereocenters. The van der Waals surface area contributed by atoms with Gasteiger partial charge in [-0.25, -0.2) is 0 Å². The number of nitrogens with zero attached hydrogens (tertiary/aromatic N) is 1. The molecule has 5 rings (SSSR count). The quantitative estimate of drug-likeness (QED) is 0.853. The first-order valence-corrected chi connectivity index (χ1v) is 8.58. The lowest BCUT2D eigenvalue weighted by Crippen LogP contribution is -2.38. The summed E-state index contributed by atoms with van der Waals surface area (Å²) in [6.45, 7) is 1.93. The largest absolute Gasteiger partial charge is 0.486 e. The average Bonchev–Trinajstić information content (AvgIpc) is 3.34. The highest BCUT2D eigenvalue weighted by atomic mass is 16.6. The van der Waals surface area contributed by atoms with Gasteiger partial charge < -0.3 is 14.4 Å². The lowest BCUT2D eigenvalue weighted by atomic mass is 9.93. The lowest BCUT2D eigenvalue weighted by Gasteiger charge is -2.25. The number of hydrogen-bond acceptors (Lipinski definition) is 3. The van der Waals surface area contributed by atoms with E-state index in [0.29, 0.717) is 13.2 Å². The van der Waals surface area contributed by atoms with Gasteiger partial charge in [-0.05, 0) is 48.6 Å². The molecule has 1 amide bonds. The first kappa shape index (κ1) is 13.9. The number of ether oxygens (including phenoxy) is 2. The fraction of sp³-hybridized carbons (Fsp3) is 0.350. The fourth-order valence-electron chi connectivity index (χ4n) is 3.90. The van der Waals surface area contributed by atoms with E-state index in [4.69, 9.17) is 9.47 Å². The highest BCUT2D eigenvalue weighted by Crippen LogP contribution is 2.52. The monoisotopic (exact) mass is 321 g/mol. The fourth-order valence-corrected chi connectivity index (χ4v) is 3.90. The maximum Gasteiger partial charge on any atom is 0.237 e. The second kappa shape index (κ2) is 5.00. The van der Waals surface area contributed by atoms with Crippen molar-refractivity contribution in [3.8, 4) is 11.5 Å². The average molecular weight is 321 g/mol. The zero-order valence-electron chi connectivity index (χ0n) is 13.5. The van der Waals surface area contributed by atoms with Crippen molar-refractivity contribution in [1.29, 1.82) is 0 Å². The number of amides is 1. The third kappa shape index (κ3) is 1.95. The van der Waals surface area contributed by atoms with Crippen LogP contribution in [0.4, 0.5) is 5.69 Å². The van der Waals surface area contributed by atoms with Gasteiger partial charge in [0.2, 0.25) is 5.91 Å². The summed E-state index contributed by atoms with van der Waals surface area (Å²) < 4.78 is 11.3. The Morgan fingerprint density at radius 3 is 2.62 bits per heavy atom. The predicted molar refractivity (Wildman–Crippen MR) is 90.8 cm³/mol. The minimum atomic E-state index is -0.382. The maximum atomic E-state index is 13.3. The number of carbonyl (C=O) groups is 1. The van der Waals surface area contributed by atoms with Crippen molar-refractivity contribution in [2.45, 2.75) is 24.7 Å². The maximum absolute atomic E-state index is 13.3. The summed E-state index contributed by atoms with van der Waals surface area (Å²) in [5.41, 5.74) is 3.02. The van der Waals surface area contributed by atoms with Gasteiger partial charge in [-0.2, -0.15) is 0 Å². The number of rotatable bonds is 2. The van der Waals surface area contributed by atoms with Gasteiger partial charge in [0.1, 0.15) is 13.2 Å². The van der Waals surface area contributed by atoms with E-state index in [1.807, 2.05) is 35.2 Å². The van der Waals surface area contributed by atoms with E-state index >= 15 is 0 Å². The van der Waals surface area contributed by atoms with Crippen molar-refractivity contribution in [3.63, 3.8) is 0 Å². The van der Waals surface area contributed by atoms with Crippen LogP contribution in [-0.2, 0) is 16.6 Å². The number of hydrogen-bond donors (Lipinski definition) is 0. The molecule has 122 valence electrons. The molecule has 4 nitrogen and oxygen atoms in total. The van der Waals surface area contributed by atoms with Crippen molar-refractivity contribution in [1.82, 2.24) is 0 Å². The Kier molecular flexibility index (Phi) is 2.90. The minimum Gasteiger partial charge on any atom is -0.486 e. The van der Waals surface area contributed by atoms with Gasteiger partial charge in [-0.15, -0.1) is 0 Å². The first-order chi connectivity index (χ1) is 11.8. The number of benzene rings is 2. The van der Waals surface area contributed by atoms with Gasteiger partial charge in [0.05, 0.1) is 5.41 Å². The summed E-state index contributed by atoms with van der Waals surface area (Å²) >= 11 is 0. The predicted octanol–water partition coefficient (Wildman–Crippen LogP) is 3.08. The molecule has 0 aromatic heterocycles. The van der Waals surface area contributed by atoms with Crippen molar-refractivity contribution < 1.29 is 14.3 Å². The Balaban J connectivity index is 1.49. The molecule has 2 heterocycles. The normalized spacial score (nSPS) is 19.8. The lowest BCUT2D eigenvalue weighted by molar-refractivity contribution is -0.120. The van der Waals surface area contributed by atoms with Gasteiger partial charge in [0.15, 0.2) is 11.5 Å². The summed E-state index contributed by atoms with van der Waals surface area (Å²) in [4.78, 5) is 15.3. The van der Waals surface area contributed by atoms with Crippen LogP contribution in [0.1, 0.15) is 24.0 Å². The molecule has 0 spiro atoms. The van der Waals surface area contributed by atoms with Gasteiger partial charge >= 0.3 is 0 Å². The number of anilines is 1. The molecular weight excluding hydrogens is 302 g/mol. The van der Waals surface area contributed by atoms with Crippen LogP contribution in [0.25, 0.3) is 0 Å². The Bertz CT molecular complexity index is 825. The molecule has 1 saturated carbocycles. The van der Waals surface area contributed by atoms with Crippen molar-refractivity contribution in [2.75, 3.05) is 24.7 Å². The summed E-state index contributed by atoms with van der Waals surface area (Å²) in [6, 6.07) is 14.2. The second-order valence-corrected chi connectivity index (χ2v) is 6.78. The molecule has 0 saturated heterocycles. The van der Waals surface area contributed by atoms with Crippen LogP contribution in [0.3, 0.4) is 0 Å². The third-order valence-corrected chi connectivity index (χ3v) is 5.39. The molecule has 0 unspecified atom stereocenters. The molecule has 1 fully saturated rings. The van der Waals surface area contributed by atoms with E-state index in [0.717, 1.165) is 48.6 Å². The van der Waals surface area contributed by atoms with Crippen LogP contribution in [0.5, 0.6) is 11.5 Å². The van der Waals surface area contributed by atoms with Gasteiger partial charge in [0, 0.05) is 12.2 Å². The van der Waals surface area contributed by atoms with Crippen LogP contribution < -0.4 is 14.4 Å². The highest BCUT2D eigenvalue weighted by Gasteiger charge is 2.54. The highest BCUT2D eigenvalue weighted by molar-refractivity contribution is 6.04. The number of para-hydroxylation sites is 1. The number of carbonyl (C=O) groups excluding carboxylic acids is 1. The molecule has 1 aliphatic carbocycles. The molecular formula is C20H19NO3. The molecule has 0 bridgehead atoms. The Morgan fingerprint density at radius 1 is 1.00 bits per heavy atom. The molecule has 4 heteroatoms. The number of fused-ring (bicyclic) bond motifs is 2. The smallest absolute Gasteiger partial charge is 0.237 e. The van der Waals surface area contributed by atoms with Crippen LogP contribution in [0.2, 0.25) is 0 Å². The summed E-state index contributed by atoms with van der Waals surface area (Å²) in [6.07, 6.45) is 2.76. The topological polar surface area (TPSA) is 38.8 Å². The standard InChI is InChI=1S/C20H19NO3/c22-19(21-10-7-14-3-1-2-4-16(14)21)20(8-9-20)15-5-6-17-18(13-15)24-12-11-23-17/h1-6,13H,7-12H2. The van der Waals surface area contributed by atoms with Crippen LogP contribution in [-0.4, -0.2) is 25.7 Å².